The largest absolute Gasteiger partial charge is 0.379 e. The van der Waals surface area contributed by atoms with Crippen LogP contribution in [0.3, 0.4) is 0 Å². The Kier molecular flexibility index (Phi) is 4.94. The van der Waals surface area contributed by atoms with Crippen LogP contribution in [0.4, 0.5) is 0 Å². The second-order valence-electron chi connectivity index (χ2n) is 6.26. The van der Waals surface area contributed by atoms with E-state index in [9.17, 15) is 14.4 Å². The fourth-order valence-corrected chi connectivity index (χ4v) is 3.07. The van der Waals surface area contributed by atoms with Gasteiger partial charge in [-0.05, 0) is 37.5 Å². The summed E-state index contributed by atoms with van der Waals surface area (Å²) in [6, 6.07) is 4.71. The van der Waals surface area contributed by atoms with Crippen molar-refractivity contribution in [3.63, 3.8) is 0 Å². The molecule has 1 fully saturated rings. The third kappa shape index (κ3) is 3.19. The van der Waals surface area contributed by atoms with Crippen LogP contribution in [0.1, 0.15) is 63.7 Å². The molecule has 0 radical (unpaired) electrons. The zero-order valence-electron chi connectivity index (χ0n) is 13.8. The molecule has 128 valence electrons. The molecular weight excluding hydrogens is 308 g/mol. The summed E-state index contributed by atoms with van der Waals surface area (Å²) in [7, 11) is 0. The van der Waals surface area contributed by atoms with Gasteiger partial charge in [0.25, 0.3) is 17.7 Å². The van der Waals surface area contributed by atoms with Crippen LogP contribution in [0, 0.1) is 0 Å². The Morgan fingerprint density at radius 1 is 1.29 bits per heavy atom. The van der Waals surface area contributed by atoms with E-state index in [0.717, 1.165) is 32.3 Å². The molecule has 6 nitrogen and oxygen atoms in total. The van der Waals surface area contributed by atoms with Gasteiger partial charge >= 0.3 is 0 Å². The number of imide groups is 1. The number of carbonyl (C=O) groups excluding carboxylic acids is 3. The van der Waals surface area contributed by atoms with Crippen LogP contribution in [0.5, 0.6) is 0 Å². The summed E-state index contributed by atoms with van der Waals surface area (Å²) in [6.07, 6.45) is 3.50. The standard InChI is InChI=1S/C18H22N2O4/c1-2-3-8-20-17(22)14-7-6-12(10-15(14)18(20)23)16(21)19-13-5-4-9-24-11-13/h6-7,10,13H,2-5,8-9,11H2,1H3,(H,19,21)/t13-/m1/s1. The highest BCUT2D eigenvalue weighted by Gasteiger charge is 2.35. The fourth-order valence-electron chi connectivity index (χ4n) is 3.07. The van der Waals surface area contributed by atoms with Crippen molar-refractivity contribution in [3.05, 3.63) is 34.9 Å². The molecule has 2 aliphatic rings. The van der Waals surface area contributed by atoms with Crippen molar-refractivity contribution >= 4 is 17.7 Å². The zero-order valence-corrected chi connectivity index (χ0v) is 13.8. The second-order valence-corrected chi connectivity index (χ2v) is 6.26. The van der Waals surface area contributed by atoms with E-state index in [0.29, 0.717) is 29.8 Å². The van der Waals surface area contributed by atoms with Crippen molar-refractivity contribution in [1.82, 2.24) is 10.2 Å². The van der Waals surface area contributed by atoms with Crippen molar-refractivity contribution in [3.8, 4) is 0 Å². The fraction of sp³-hybridized carbons (Fsp3) is 0.500. The van der Waals surface area contributed by atoms with Crippen molar-refractivity contribution in [2.75, 3.05) is 19.8 Å². The van der Waals surface area contributed by atoms with E-state index >= 15 is 0 Å². The molecular formula is C18H22N2O4. The Morgan fingerprint density at radius 3 is 2.79 bits per heavy atom. The van der Waals surface area contributed by atoms with Gasteiger partial charge in [-0.15, -0.1) is 0 Å². The van der Waals surface area contributed by atoms with E-state index in [1.54, 1.807) is 12.1 Å². The third-order valence-corrected chi connectivity index (χ3v) is 4.46. The maximum absolute atomic E-state index is 12.4. The van der Waals surface area contributed by atoms with Crippen LogP contribution < -0.4 is 5.32 Å². The van der Waals surface area contributed by atoms with Crippen molar-refractivity contribution in [2.45, 2.75) is 38.6 Å². The Morgan fingerprint density at radius 2 is 2.08 bits per heavy atom. The summed E-state index contributed by atoms with van der Waals surface area (Å²) in [5.41, 5.74) is 1.11. The number of rotatable bonds is 5. The monoisotopic (exact) mass is 330 g/mol. The molecule has 2 aliphatic heterocycles. The predicted molar refractivity (Wildman–Crippen MR) is 88.0 cm³/mol. The van der Waals surface area contributed by atoms with Gasteiger partial charge in [0.15, 0.2) is 0 Å². The molecule has 3 rings (SSSR count). The maximum Gasteiger partial charge on any atom is 0.261 e. The van der Waals surface area contributed by atoms with Crippen molar-refractivity contribution < 1.29 is 19.1 Å². The molecule has 24 heavy (non-hydrogen) atoms. The number of unbranched alkanes of at least 4 members (excludes halogenated alkanes) is 1. The van der Waals surface area contributed by atoms with Crippen LogP contribution in [0.15, 0.2) is 18.2 Å². The number of benzene rings is 1. The third-order valence-electron chi connectivity index (χ3n) is 4.46. The minimum atomic E-state index is -0.306. The van der Waals surface area contributed by atoms with Crippen LogP contribution >= 0.6 is 0 Å². The average molecular weight is 330 g/mol. The van der Waals surface area contributed by atoms with E-state index in [-0.39, 0.29) is 23.8 Å². The molecule has 6 heteroatoms. The Bertz CT molecular complexity index is 665. The van der Waals surface area contributed by atoms with E-state index in [2.05, 4.69) is 5.32 Å². The summed E-state index contributed by atoms with van der Waals surface area (Å²) in [4.78, 5) is 38.4. The molecule has 1 N–H and O–H groups in total. The quantitative estimate of drug-likeness (QED) is 0.838. The molecule has 0 bridgehead atoms. The number of nitrogens with zero attached hydrogens (tertiary/aromatic N) is 1. The highest BCUT2D eigenvalue weighted by Crippen LogP contribution is 2.24. The van der Waals surface area contributed by atoms with E-state index < -0.39 is 0 Å². The first kappa shape index (κ1) is 16.6. The lowest BCUT2D eigenvalue weighted by Crippen LogP contribution is -2.40. The Balaban J connectivity index is 1.75. The summed E-state index contributed by atoms with van der Waals surface area (Å²) < 4.78 is 5.36. The molecule has 1 atom stereocenters. The molecule has 0 unspecified atom stereocenters. The Hall–Kier alpha value is -2.21. The zero-order chi connectivity index (χ0) is 17.1. The SMILES string of the molecule is CCCCN1C(=O)c2ccc(C(=O)N[C@@H]3CCCOC3)cc2C1=O. The normalized spacial score (nSPS) is 20.2. The first-order valence-electron chi connectivity index (χ1n) is 8.50. The lowest BCUT2D eigenvalue weighted by molar-refractivity contribution is 0.0624. The van der Waals surface area contributed by atoms with Crippen LogP contribution in [0.2, 0.25) is 0 Å². The van der Waals surface area contributed by atoms with Gasteiger partial charge in [0.1, 0.15) is 0 Å². The van der Waals surface area contributed by atoms with Gasteiger partial charge in [-0.2, -0.15) is 0 Å². The minimum Gasteiger partial charge on any atom is -0.379 e. The van der Waals surface area contributed by atoms with Gasteiger partial charge in [0.05, 0.1) is 23.8 Å². The number of carbonyl (C=O) groups is 3. The van der Waals surface area contributed by atoms with Crippen molar-refractivity contribution in [1.29, 1.82) is 0 Å². The van der Waals surface area contributed by atoms with Gasteiger partial charge in [0, 0.05) is 18.7 Å². The number of hydrogen-bond donors (Lipinski definition) is 1. The highest BCUT2D eigenvalue weighted by molar-refractivity contribution is 6.22. The van der Waals surface area contributed by atoms with Gasteiger partial charge in [-0.3, -0.25) is 19.3 Å². The van der Waals surface area contributed by atoms with E-state index in [1.165, 1.54) is 11.0 Å². The van der Waals surface area contributed by atoms with E-state index in [1.807, 2.05) is 6.92 Å². The molecule has 0 aromatic heterocycles. The average Bonchev–Trinajstić information content (AvgIpc) is 2.84. The van der Waals surface area contributed by atoms with Crippen LogP contribution in [-0.2, 0) is 4.74 Å². The molecule has 1 saturated heterocycles. The summed E-state index contributed by atoms with van der Waals surface area (Å²) >= 11 is 0. The van der Waals surface area contributed by atoms with Gasteiger partial charge in [-0.25, -0.2) is 0 Å². The van der Waals surface area contributed by atoms with Crippen LogP contribution in [0.25, 0.3) is 0 Å². The minimum absolute atomic E-state index is 0.00195. The molecule has 2 heterocycles. The molecule has 0 aliphatic carbocycles. The lowest BCUT2D eigenvalue weighted by Gasteiger charge is -2.23. The number of ether oxygens (including phenoxy) is 1. The smallest absolute Gasteiger partial charge is 0.261 e. The first-order valence-corrected chi connectivity index (χ1v) is 8.50. The second kappa shape index (κ2) is 7.13. The summed E-state index contributed by atoms with van der Waals surface area (Å²) in [5.74, 6) is -0.809. The number of nitrogens with one attached hydrogen (secondary N) is 1. The van der Waals surface area contributed by atoms with Gasteiger partial charge < -0.3 is 10.1 Å². The van der Waals surface area contributed by atoms with Crippen molar-refractivity contribution in [2.24, 2.45) is 0 Å². The molecule has 0 saturated carbocycles. The molecule has 3 amide bonds. The van der Waals surface area contributed by atoms with Crippen LogP contribution in [-0.4, -0.2) is 48.4 Å². The maximum atomic E-state index is 12.4. The number of amides is 3. The predicted octanol–water partition coefficient (Wildman–Crippen LogP) is 1.99. The number of hydrogen-bond acceptors (Lipinski definition) is 4. The number of fused-ring (bicyclic) bond motifs is 1. The lowest BCUT2D eigenvalue weighted by atomic mass is 10.0. The molecule has 1 aromatic rings. The first-order chi connectivity index (χ1) is 11.6. The Labute approximate surface area is 141 Å². The summed E-state index contributed by atoms with van der Waals surface area (Å²) in [5, 5.41) is 2.92. The van der Waals surface area contributed by atoms with Gasteiger partial charge in [-0.1, -0.05) is 13.3 Å². The highest BCUT2D eigenvalue weighted by atomic mass is 16.5. The van der Waals surface area contributed by atoms with Gasteiger partial charge in [0.2, 0.25) is 0 Å². The van der Waals surface area contributed by atoms with E-state index in [4.69, 9.17) is 4.74 Å². The topological polar surface area (TPSA) is 75.7 Å². The molecule has 0 spiro atoms. The summed E-state index contributed by atoms with van der Waals surface area (Å²) in [6.45, 7) is 3.67. The molecule has 1 aromatic carbocycles.